The summed E-state index contributed by atoms with van der Waals surface area (Å²) < 4.78 is 38.1. The van der Waals surface area contributed by atoms with Crippen molar-refractivity contribution in [1.29, 1.82) is 0 Å². The lowest BCUT2D eigenvalue weighted by Crippen LogP contribution is -2.30. The molecular formula is C24H17ClF2N2O3. The van der Waals surface area contributed by atoms with Crippen LogP contribution in [0.25, 0.3) is 10.9 Å². The molecule has 0 unspecified atom stereocenters. The molecule has 0 bridgehead atoms. The highest BCUT2D eigenvalue weighted by molar-refractivity contribution is 6.31. The van der Waals surface area contributed by atoms with Gasteiger partial charge in [-0.2, -0.15) is 0 Å². The first kappa shape index (κ1) is 20.3. The minimum absolute atomic E-state index is 0.1000. The summed E-state index contributed by atoms with van der Waals surface area (Å²) in [6, 6.07) is 13.5. The number of nitrogens with zero attached hydrogens (tertiary/aromatic N) is 1. The number of hydrogen-bond donors (Lipinski definition) is 1. The van der Waals surface area contributed by atoms with Crippen LogP contribution in [-0.2, 0) is 13.1 Å². The van der Waals surface area contributed by atoms with Gasteiger partial charge in [0.05, 0.1) is 0 Å². The molecule has 5 nitrogen and oxygen atoms in total. The van der Waals surface area contributed by atoms with Crippen LogP contribution in [0.3, 0.4) is 0 Å². The number of fused-ring (bicyclic) bond motifs is 2. The van der Waals surface area contributed by atoms with Gasteiger partial charge in [-0.05, 0) is 59.7 Å². The number of benzene rings is 3. The van der Waals surface area contributed by atoms with Crippen LogP contribution < -0.4 is 9.47 Å². The van der Waals surface area contributed by atoms with Crippen molar-refractivity contribution in [2.75, 3.05) is 6.79 Å². The number of aromatic nitrogens is 1. The first-order valence-corrected chi connectivity index (χ1v) is 10.2. The number of ether oxygens (including phenoxy) is 2. The van der Waals surface area contributed by atoms with Gasteiger partial charge < -0.3 is 19.4 Å². The van der Waals surface area contributed by atoms with Crippen LogP contribution in [-0.4, -0.2) is 22.6 Å². The summed E-state index contributed by atoms with van der Waals surface area (Å²) in [6.45, 7) is 0.418. The second kappa shape index (κ2) is 8.16. The lowest BCUT2D eigenvalue weighted by molar-refractivity contribution is 0.0730. The van der Waals surface area contributed by atoms with Crippen LogP contribution in [0.2, 0.25) is 5.02 Å². The summed E-state index contributed by atoms with van der Waals surface area (Å²) in [5, 5.41) is 0.900. The van der Waals surface area contributed by atoms with Gasteiger partial charge in [0.1, 0.15) is 11.6 Å². The molecule has 1 amide bonds. The van der Waals surface area contributed by atoms with Crippen molar-refractivity contribution in [2.45, 2.75) is 13.1 Å². The number of carbonyl (C=O) groups excluding carboxylic acids is 1. The van der Waals surface area contributed by atoms with Crippen molar-refractivity contribution < 1.29 is 23.0 Å². The van der Waals surface area contributed by atoms with E-state index in [4.69, 9.17) is 21.1 Å². The average molecular weight is 455 g/mol. The second-order valence-electron chi connectivity index (χ2n) is 7.47. The second-order valence-corrected chi connectivity index (χ2v) is 7.88. The minimum atomic E-state index is -0.459. The summed E-state index contributed by atoms with van der Waals surface area (Å²) in [7, 11) is 0. The number of halogens is 3. The zero-order chi connectivity index (χ0) is 22.2. The van der Waals surface area contributed by atoms with Crippen LogP contribution in [0.5, 0.6) is 11.5 Å². The maximum absolute atomic E-state index is 13.8. The lowest BCUT2D eigenvalue weighted by Gasteiger charge is -2.23. The third-order valence-electron chi connectivity index (χ3n) is 5.37. The number of H-pyrrole nitrogens is 1. The van der Waals surface area contributed by atoms with Gasteiger partial charge in [-0.3, -0.25) is 4.79 Å². The van der Waals surface area contributed by atoms with Gasteiger partial charge in [-0.1, -0.05) is 17.7 Å². The molecule has 8 heteroatoms. The van der Waals surface area contributed by atoms with E-state index in [2.05, 4.69) is 4.98 Å². The number of carbonyl (C=O) groups is 1. The van der Waals surface area contributed by atoms with Crippen molar-refractivity contribution >= 4 is 28.4 Å². The van der Waals surface area contributed by atoms with E-state index in [1.165, 1.54) is 24.3 Å². The molecule has 0 saturated heterocycles. The Bertz CT molecular complexity index is 1340. The first-order chi connectivity index (χ1) is 15.5. The smallest absolute Gasteiger partial charge is 0.254 e. The number of rotatable bonds is 5. The van der Waals surface area contributed by atoms with Crippen molar-refractivity contribution in [1.82, 2.24) is 9.88 Å². The van der Waals surface area contributed by atoms with E-state index in [9.17, 15) is 13.6 Å². The lowest BCUT2D eigenvalue weighted by atomic mass is 10.1. The van der Waals surface area contributed by atoms with Crippen LogP contribution in [0.1, 0.15) is 21.5 Å². The molecule has 1 aliphatic rings. The summed E-state index contributed by atoms with van der Waals surface area (Å²) in [4.78, 5) is 18.2. The Morgan fingerprint density at radius 3 is 2.53 bits per heavy atom. The van der Waals surface area contributed by atoms with E-state index < -0.39 is 5.82 Å². The summed E-state index contributed by atoms with van der Waals surface area (Å²) in [6.07, 6.45) is 1.75. The molecule has 1 aliphatic heterocycles. The van der Waals surface area contributed by atoms with Gasteiger partial charge in [0.25, 0.3) is 5.91 Å². The van der Waals surface area contributed by atoms with Crippen molar-refractivity contribution in [2.24, 2.45) is 0 Å². The van der Waals surface area contributed by atoms with Crippen molar-refractivity contribution in [3.63, 3.8) is 0 Å². The topological polar surface area (TPSA) is 54.6 Å². The molecule has 1 aromatic heterocycles. The van der Waals surface area contributed by atoms with E-state index in [1.807, 2.05) is 0 Å². The fourth-order valence-corrected chi connectivity index (χ4v) is 3.98. The standard InChI is InChI=1S/C24H17ClF2N2O3/c25-20-9-18(27)3-1-15(20)11-29(12-16-10-28-21-5-4-17(26)8-19(16)21)24(30)14-2-6-22-23(7-14)32-13-31-22/h1-10,28H,11-13H2. The normalized spacial score (nSPS) is 12.3. The van der Waals surface area contributed by atoms with Crippen molar-refractivity contribution in [3.8, 4) is 11.5 Å². The molecule has 0 radical (unpaired) electrons. The Balaban J connectivity index is 1.51. The number of aromatic amines is 1. The maximum atomic E-state index is 13.8. The van der Waals surface area contributed by atoms with Crippen molar-refractivity contribution in [3.05, 3.63) is 94.1 Å². The molecule has 4 aromatic rings. The maximum Gasteiger partial charge on any atom is 0.254 e. The molecule has 5 rings (SSSR count). The Hall–Kier alpha value is -3.58. The molecular weight excluding hydrogens is 438 g/mol. The molecule has 162 valence electrons. The largest absolute Gasteiger partial charge is 0.454 e. The third kappa shape index (κ3) is 3.87. The van der Waals surface area contributed by atoms with Gasteiger partial charge in [-0.25, -0.2) is 8.78 Å². The monoisotopic (exact) mass is 454 g/mol. The van der Waals surface area contributed by atoms with E-state index >= 15 is 0 Å². The molecule has 0 spiro atoms. The SMILES string of the molecule is O=C(c1ccc2c(c1)OCO2)N(Cc1ccc(F)cc1Cl)Cc1c[nH]c2ccc(F)cc12. The highest BCUT2D eigenvalue weighted by atomic mass is 35.5. The highest BCUT2D eigenvalue weighted by Crippen LogP contribution is 2.33. The van der Waals surface area contributed by atoms with E-state index in [1.54, 1.807) is 41.4 Å². The summed E-state index contributed by atoms with van der Waals surface area (Å²) in [5.41, 5.74) is 2.50. The van der Waals surface area contributed by atoms with Gasteiger partial charge in [-0.15, -0.1) is 0 Å². The minimum Gasteiger partial charge on any atom is -0.454 e. The number of nitrogens with one attached hydrogen (secondary N) is 1. The van der Waals surface area contributed by atoms with E-state index in [0.717, 1.165) is 11.1 Å². The molecule has 0 fully saturated rings. The van der Waals surface area contributed by atoms with Gasteiger partial charge in [0, 0.05) is 40.8 Å². The number of amides is 1. The quantitative estimate of drug-likeness (QED) is 0.422. The fraction of sp³-hybridized carbons (Fsp3) is 0.125. The Morgan fingerprint density at radius 1 is 0.938 bits per heavy atom. The summed E-state index contributed by atoms with van der Waals surface area (Å²) >= 11 is 6.23. The van der Waals surface area contributed by atoms with Crippen LogP contribution in [0, 0.1) is 11.6 Å². The fourth-order valence-electron chi connectivity index (χ4n) is 3.75. The van der Waals surface area contributed by atoms with Crippen LogP contribution in [0.15, 0.2) is 60.8 Å². The third-order valence-corrected chi connectivity index (χ3v) is 5.73. The summed E-state index contributed by atoms with van der Waals surface area (Å²) in [5.74, 6) is -0.0471. The highest BCUT2D eigenvalue weighted by Gasteiger charge is 2.22. The van der Waals surface area contributed by atoms with Gasteiger partial charge in [0.2, 0.25) is 6.79 Å². The van der Waals surface area contributed by atoms with Crippen LogP contribution >= 0.6 is 11.6 Å². The Morgan fingerprint density at radius 2 is 1.69 bits per heavy atom. The molecule has 0 saturated carbocycles. The molecule has 1 N–H and O–H groups in total. The molecule has 3 aromatic carbocycles. The first-order valence-electron chi connectivity index (χ1n) is 9.86. The molecule has 0 atom stereocenters. The predicted molar refractivity (Wildman–Crippen MR) is 116 cm³/mol. The van der Waals surface area contributed by atoms with Gasteiger partial charge in [0.15, 0.2) is 11.5 Å². The Labute approximate surface area is 187 Å². The molecule has 2 heterocycles. The zero-order valence-corrected chi connectivity index (χ0v) is 17.5. The molecule has 0 aliphatic carbocycles. The predicted octanol–water partition coefficient (Wildman–Crippen LogP) is 5.67. The number of hydrogen-bond acceptors (Lipinski definition) is 3. The van der Waals surface area contributed by atoms with E-state index in [-0.39, 0.29) is 36.6 Å². The average Bonchev–Trinajstić information content (AvgIpc) is 3.40. The van der Waals surface area contributed by atoms with Gasteiger partial charge >= 0.3 is 0 Å². The molecule has 32 heavy (non-hydrogen) atoms. The van der Waals surface area contributed by atoms with Crippen LogP contribution in [0.4, 0.5) is 8.78 Å². The van der Waals surface area contributed by atoms with E-state index in [0.29, 0.717) is 28.0 Å². The zero-order valence-electron chi connectivity index (χ0n) is 16.7. The Kier molecular flexibility index (Phi) is 5.19.